The molecular weight excluding hydrogens is 202 g/mol. The van der Waals surface area contributed by atoms with Crippen LogP contribution in [0.3, 0.4) is 0 Å². The standard InChI is InChI=1S/C12H17N3O/c1-9(8-16)5-13-6-10-3-2-4-11-7-14-15-12(10)11/h2-4,7,9,13,16H,5-6,8H2,1H3,(H,14,15). The first-order valence-electron chi connectivity index (χ1n) is 5.54. The van der Waals surface area contributed by atoms with Crippen LogP contribution in [0, 0.1) is 5.92 Å². The van der Waals surface area contributed by atoms with Gasteiger partial charge in [0.15, 0.2) is 0 Å². The molecule has 0 fully saturated rings. The van der Waals surface area contributed by atoms with Gasteiger partial charge in [0.2, 0.25) is 0 Å². The summed E-state index contributed by atoms with van der Waals surface area (Å²) in [5.74, 6) is 0.293. The highest BCUT2D eigenvalue weighted by Crippen LogP contribution is 2.15. The van der Waals surface area contributed by atoms with Crippen LogP contribution in [0.25, 0.3) is 10.9 Å². The number of para-hydroxylation sites is 1. The topological polar surface area (TPSA) is 60.9 Å². The lowest BCUT2D eigenvalue weighted by Gasteiger charge is -2.09. The van der Waals surface area contributed by atoms with Gasteiger partial charge in [-0.05, 0) is 11.5 Å². The number of nitrogens with one attached hydrogen (secondary N) is 2. The van der Waals surface area contributed by atoms with E-state index in [-0.39, 0.29) is 6.61 Å². The number of hydrogen-bond donors (Lipinski definition) is 3. The summed E-state index contributed by atoms with van der Waals surface area (Å²) < 4.78 is 0. The van der Waals surface area contributed by atoms with Crippen molar-refractivity contribution in [1.29, 1.82) is 0 Å². The molecule has 0 aliphatic heterocycles. The molecule has 16 heavy (non-hydrogen) atoms. The molecule has 1 heterocycles. The van der Waals surface area contributed by atoms with Crippen LogP contribution in [-0.4, -0.2) is 28.5 Å². The Morgan fingerprint density at radius 1 is 1.50 bits per heavy atom. The summed E-state index contributed by atoms with van der Waals surface area (Å²) in [5, 5.41) is 20.4. The fourth-order valence-electron chi connectivity index (χ4n) is 1.70. The normalized spacial score (nSPS) is 13.1. The molecule has 1 aromatic heterocycles. The van der Waals surface area contributed by atoms with Crippen molar-refractivity contribution in [2.24, 2.45) is 5.92 Å². The number of aromatic nitrogens is 2. The van der Waals surface area contributed by atoms with Crippen molar-refractivity contribution in [3.63, 3.8) is 0 Å². The molecule has 0 saturated carbocycles. The van der Waals surface area contributed by atoms with Gasteiger partial charge in [-0.25, -0.2) is 0 Å². The molecule has 4 heteroatoms. The first-order valence-corrected chi connectivity index (χ1v) is 5.54. The Morgan fingerprint density at radius 3 is 3.19 bits per heavy atom. The minimum absolute atomic E-state index is 0.223. The highest BCUT2D eigenvalue weighted by molar-refractivity contribution is 5.81. The third-order valence-corrected chi connectivity index (χ3v) is 2.68. The molecule has 1 aromatic carbocycles. The maximum absolute atomic E-state index is 8.91. The molecule has 0 aliphatic carbocycles. The van der Waals surface area contributed by atoms with Gasteiger partial charge in [0.25, 0.3) is 0 Å². The van der Waals surface area contributed by atoms with Crippen molar-refractivity contribution in [2.45, 2.75) is 13.5 Å². The van der Waals surface area contributed by atoms with E-state index in [1.54, 1.807) is 0 Å². The van der Waals surface area contributed by atoms with E-state index in [9.17, 15) is 0 Å². The second-order valence-corrected chi connectivity index (χ2v) is 4.17. The van der Waals surface area contributed by atoms with Gasteiger partial charge in [-0.1, -0.05) is 25.1 Å². The third kappa shape index (κ3) is 2.40. The summed E-state index contributed by atoms with van der Waals surface area (Å²) in [6.45, 7) is 3.86. The average Bonchev–Trinajstić information content (AvgIpc) is 2.77. The molecule has 1 unspecified atom stereocenters. The number of fused-ring (bicyclic) bond motifs is 1. The van der Waals surface area contributed by atoms with E-state index in [1.165, 1.54) is 5.56 Å². The summed E-state index contributed by atoms with van der Waals surface area (Å²) in [6.07, 6.45) is 1.83. The van der Waals surface area contributed by atoms with Gasteiger partial charge < -0.3 is 10.4 Å². The second-order valence-electron chi connectivity index (χ2n) is 4.17. The van der Waals surface area contributed by atoms with Crippen LogP contribution in [0.15, 0.2) is 24.4 Å². The monoisotopic (exact) mass is 219 g/mol. The van der Waals surface area contributed by atoms with Crippen LogP contribution in [0.1, 0.15) is 12.5 Å². The maximum atomic E-state index is 8.91. The van der Waals surface area contributed by atoms with Gasteiger partial charge in [0.1, 0.15) is 0 Å². The summed E-state index contributed by atoms with van der Waals surface area (Å²) >= 11 is 0. The number of nitrogens with zero attached hydrogens (tertiary/aromatic N) is 1. The molecule has 0 amide bonds. The van der Waals surface area contributed by atoms with Crippen molar-refractivity contribution >= 4 is 10.9 Å². The molecule has 3 N–H and O–H groups in total. The summed E-state index contributed by atoms with van der Waals surface area (Å²) in [7, 11) is 0. The molecule has 0 saturated heterocycles. The SMILES string of the molecule is CC(CO)CNCc1cccc2cn[nH]c12. The third-order valence-electron chi connectivity index (χ3n) is 2.68. The summed E-state index contributed by atoms with van der Waals surface area (Å²) in [5.41, 5.74) is 2.30. The lowest BCUT2D eigenvalue weighted by Crippen LogP contribution is -2.22. The summed E-state index contributed by atoms with van der Waals surface area (Å²) in [6, 6.07) is 6.15. The van der Waals surface area contributed by atoms with E-state index in [0.29, 0.717) is 5.92 Å². The average molecular weight is 219 g/mol. The molecule has 0 spiro atoms. The van der Waals surface area contributed by atoms with Crippen LogP contribution in [-0.2, 0) is 6.54 Å². The fourth-order valence-corrected chi connectivity index (χ4v) is 1.70. The quantitative estimate of drug-likeness (QED) is 0.710. The zero-order chi connectivity index (χ0) is 11.4. The Morgan fingerprint density at radius 2 is 2.38 bits per heavy atom. The van der Waals surface area contributed by atoms with Gasteiger partial charge in [-0.3, -0.25) is 5.10 Å². The molecule has 0 bridgehead atoms. The van der Waals surface area contributed by atoms with Crippen LogP contribution < -0.4 is 5.32 Å². The van der Waals surface area contributed by atoms with E-state index in [0.717, 1.165) is 24.0 Å². The number of aliphatic hydroxyl groups is 1. The van der Waals surface area contributed by atoms with E-state index in [1.807, 2.05) is 25.3 Å². The molecule has 4 nitrogen and oxygen atoms in total. The molecular formula is C12H17N3O. The van der Waals surface area contributed by atoms with Crippen molar-refractivity contribution in [3.05, 3.63) is 30.0 Å². The fraction of sp³-hybridized carbons (Fsp3) is 0.417. The molecule has 86 valence electrons. The van der Waals surface area contributed by atoms with Crippen molar-refractivity contribution in [3.8, 4) is 0 Å². The van der Waals surface area contributed by atoms with Gasteiger partial charge in [0, 0.05) is 25.1 Å². The first-order chi connectivity index (χ1) is 7.81. The van der Waals surface area contributed by atoms with Crippen molar-refractivity contribution in [2.75, 3.05) is 13.2 Å². The van der Waals surface area contributed by atoms with E-state index < -0.39 is 0 Å². The Kier molecular flexibility index (Phi) is 3.54. The predicted molar refractivity (Wildman–Crippen MR) is 64.1 cm³/mol. The molecule has 1 atom stereocenters. The Labute approximate surface area is 94.7 Å². The molecule has 0 radical (unpaired) electrons. The second kappa shape index (κ2) is 5.09. The van der Waals surface area contributed by atoms with Gasteiger partial charge in [-0.2, -0.15) is 5.10 Å². The molecule has 0 aliphatic rings. The van der Waals surface area contributed by atoms with Crippen molar-refractivity contribution < 1.29 is 5.11 Å². The van der Waals surface area contributed by atoms with Crippen LogP contribution in [0.5, 0.6) is 0 Å². The van der Waals surface area contributed by atoms with Crippen molar-refractivity contribution in [1.82, 2.24) is 15.5 Å². The van der Waals surface area contributed by atoms with Gasteiger partial charge in [0.05, 0.1) is 11.7 Å². The lowest BCUT2D eigenvalue weighted by molar-refractivity contribution is 0.233. The minimum atomic E-state index is 0.223. The zero-order valence-electron chi connectivity index (χ0n) is 9.40. The smallest absolute Gasteiger partial charge is 0.0695 e. The van der Waals surface area contributed by atoms with E-state index >= 15 is 0 Å². The van der Waals surface area contributed by atoms with Gasteiger partial charge >= 0.3 is 0 Å². The Bertz CT molecular complexity index is 452. The largest absolute Gasteiger partial charge is 0.396 e. The lowest BCUT2D eigenvalue weighted by atomic mass is 10.1. The van der Waals surface area contributed by atoms with Crippen LogP contribution in [0.4, 0.5) is 0 Å². The Balaban J connectivity index is 2.01. The summed E-state index contributed by atoms with van der Waals surface area (Å²) in [4.78, 5) is 0. The zero-order valence-corrected chi connectivity index (χ0v) is 9.40. The van der Waals surface area contributed by atoms with E-state index in [4.69, 9.17) is 5.11 Å². The molecule has 2 aromatic rings. The highest BCUT2D eigenvalue weighted by atomic mass is 16.3. The molecule has 2 rings (SSSR count). The predicted octanol–water partition coefficient (Wildman–Crippen LogP) is 1.28. The van der Waals surface area contributed by atoms with Crippen LogP contribution in [0.2, 0.25) is 0 Å². The number of hydrogen-bond acceptors (Lipinski definition) is 3. The Hall–Kier alpha value is -1.39. The van der Waals surface area contributed by atoms with Crippen LogP contribution >= 0.6 is 0 Å². The first kappa shape index (κ1) is 11.1. The highest BCUT2D eigenvalue weighted by Gasteiger charge is 2.03. The number of aromatic amines is 1. The number of aliphatic hydroxyl groups excluding tert-OH is 1. The minimum Gasteiger partial charge on any atom is -0.396 e. The van der Waals surface area contributed by atoms with E-state index in [2.05, 4.69) is 21.6 Å². The number of rotatable bonds is 5. The number of benzene rings is 1. The van der Waals surface area contributed by atoms with Gasteiger partial charge in [-0.15, -0.1) is 0 Å². The maximum Gasteiger partial charge on any atom is 0.0695 e. The number of H-pyrrole nitrogens is 1.